The van der Waals surface area contributed by atoms with Crippen LogP contribution in [0.5, 0.6) is 23.0 Å². The largest absolute Gasteiger partial charge is 0.507 e. The summed E-state index contributed by atoms with van der Waals surface area (Å²) in [4.78, 5) is 27.2. The van der Waals surface area contributed by atoms with Gasteiger partial charge in [-0.25, -0.2) is 0 Å². The number of esters is 1. The number of nitrogens with zero attached hydrogens (tertiary/aromatic N) is 1. The van der Waals surface area contributed by atoms with E-state index in [1.165, 1.54) is 25.5 Å². The molecule has 1 N–H and O–H groups in total. The zero-order chi connectivity index (χ0) is 23.4. The smallest absolute Gasteiger partial charge is 0.309 e. The first-order valence-electron chi connectivity index (χ1n) is 11.0. The van der Waals surface area contributed by atoms with Gasteiger partial charge in [-0.15, -0.1) is 0 Å². The number of hydrogen-bond donors (Lipinski definition) is 1. The molecule has 1 aliphatic rings. The summed E-state index contributed by atoms with van der Waals surface area (Å²) in [5, 5.41) is 10.8. The first-order chi connectivity index (χ1) is 16.0. The molecule has 1 saturated heterocycles. The van der Waals surface area contributed by atoms with Crippen LogP contribution in [0.2, 0.25) is 0 Å². The summed E-state index contributed by atoms with van der Waals surface area (Å²) in [7, 11) is 1.52. The number of para-hydroxylation sites is 2. The molecule has 2 heterocycles. The quantitative estimate of drug-likeness (QED) is 0.535. The van der Waals surface area contributed by atoms with Crippen molar-refractivity contribution in [3.8, 4) is 23.0 Å². The predicted molar refractivity (Wildman–Crippen MR) is 122 cm³/mol. The molecular weight excluding hydrogens is 426 g/mol. The fourth-order valence-corrected chi connectivity index (χ4v) is 4.08. The topological polar surface area (TPSA) is 98.4 Å². The van der Waals surface area contributed by atoms with Crippen LogP contribution in [0, 0.1) is 5.92 Å². The molecule has 0 atom stereocenters. The molecule has 8 nitrogen and oxygen atoms in total. The summed E-state index contributed by atoms with van der Waals surface area (Å²) in [6.45, 7) is 3.94. The molecule has 1 aromatic heterocycles. The molecule has 0 radical (unpaired) electrons. The van der Waals surface area contributed by atoms with Gasteiger partial charge in [0.05, 0.1) is 30.6 Å². The molecule has 0 saturated carbocycles. The Labute approximate surface area is 191 Å². The van der Waals surface area contributed by atoms with Crippen molar-refractivity contribution in [2.45, 2.75) is 26.3 Å². The molecule has 0 unspecified atom stereocenters. The van der Waals surface area contributed by atoms with Gasteiger partial charge in [-0.2, -0.15) is 0 Å². The van der Waals surface area contributed by atoms with Gasteiger partial charge in [-0.1, -0.05) is 12.1 Å². The van der Waals surface area contributed by atoms with Crippen molar-refractivity contribution in [2.24, 2.45) is 5.92 Å². The lowest BCUT2D eigenvalue weighted by atomic mass is 9.96. The minimum absolute atomic E-state index is 0.0268. The Balaban J connectivity index is 1.56. The Morgan fingerprint density at radius 1 is 1.12 bits per heavy atom. The van der Waals surface area contributed by atoms with Gasteiger partial charge in [0.15, 0.2) is 11.5 Å². The van der Waals surface area contributed by atoms with E-state index in [1.807, 2.05) is 0 Å². The molecule has 8 heteroatoms. The predicted octanol–water partition coefficient (Wildman–Crippen LogP) is 4.07. The van der Waals surface area contributed by atoms with Crippen molar-refractivity contribution in [1.82, 2.24) is 4.90 Å². The fourth-order valence-electron chi connectivity index (χ4n) is 4.08. The number of fused-ring (bicyclic) bond motifs is 1. The SMILES string of the molecule is CCOC(=O)C1CCN(Cc2c(O)ccc3c(=O)c(Oc4ccccc4OC)coc23)CC1. The summed E-state index contributed by atoms with van der Waals surface area (Å²) in [5.41, 5.74) is 0.507. The van der Waals surface area contributed by atoms with E-state index in [2.05, 4.69) is 4.90 Å². The van der Waals surface area contributed by atoms with E-state index in [0.29, 0.717) is 67.1 Å². The van der Waals surface area contributed by atoms with Gasteiger partial charge < -0.3 is 23.7 Å². The number of rotatable bonds is 7. The van der Waals surface area contributed by atoms with Crippen molar-refractivity contribution in [2.75, 3.05) is 26.8 Å². The van der Waals surface area contributed by atoms with Gasteiger partial charge in [-0.3, -0.25) is 14.5 Å². The summed E-state index contributed by atoms with van der Waals surface area (Å²) in [6, 6.07) is 10.0. The van der Waals surface area contributed by atoms with Crippen molar-refractivity contribution >= 4 is 16.9 Å². The Hall–Kier alpha value is -3.52. The maximum absolute atomic E-state index is 13.1. The molecule has 174 valence electrons. The highest BCUT2D eigenvalue weighted by atomic mass is 16.5. The summed E-state index contributed by atoms with van der Waals surface area (Å²) in [6.07, 6.45) is 2.63. The Kier molecular flexibility index (Phi) is 6.84. The maximum Gasteiger partial charge on any atom is 0.309 e. The first kappa shape index (κ1) is 22.7. The van der Waals surface area contributed by atoms with Crippen LogP contribution in [0.3, 0.4) is 0 Å². The van der Waals surface area contributed by atoms with Crippen LogP contribution in [0.25, 0.3) is 11.0 Å². The Morgan fingerprint density at radius 3 is 2.55 bits per heavy atom. The van der Waals surface area contributed by atoms with E-state index in [-0.39, 0.29) is 28.8 Å². The molecule has 0 amide bonds. The van der Waals surface area contributed by atoms with Gasteiger partial charge in [0.25, 0.3) is 0 Å². The summed E-state index contributed by atoms with van der Waals surface area (Å²) in [5.74, 6) is 0.717. The third-order valence-corrected chi connectivity index (χ3v) is 5.87. The van der Waals surface area contributed by atoms with Crippen LogP contribution in [0.1, 0.15) is 25.3 Å². The third kappa shape index (κ3) is 4.80. The van der Waals surface area contributed by atoms with Crippen LogP contribution in [-0.4, -0.2) is 42.8 Å². The molecular formula is C25H27NO7. The molecule has 3 aromatic rings. The highest BCUT2D eigenvalue weighted by Crippen LogP contribution is 2.33. The Bertz CT molecular complexity index is 1200. The molecule has 0 spiro atoms. The van der Waals surface area contributed by atoms with Crippen molar-refractivity contribution in [1.29, 1.82) is 0 Å². The van der Waals surface area contributed by atoms with Crippen LogP contribution in [0.15, 0.2) is 51.9 Å². The maximum atomic E-state index is 13.1. The third-order valence-electron chi connectivity index (χ3n) is 5.87. The number of benzene rings is 2. The summed E-state index contributed by atoms with van der Waals surface area (Å²) < 4.78 is 22.0. The lowest BCUT2D eigenvalue weighted by Gasteiger charge is -2.31. The zero-order valence-corrected chi connectivity index (χ0v) is 18.7. The summed E-state index contributed by atoms with van der Waals surface area (Å²) >= 11 is 0. The van der Waals surface area contributed by atoms with Crippen LogP contribution < -0.4 is 14.9 Å². The van der Waals surface area contributed by atoms with Gasteiger partial charge in [0.1, 0.15) is 17.6 Å². The van der Waals surface area contributed by atoms with Crippen LogP contribution in [-0.2, 0) is 16.1 Å². The number of methoxy groups -OCH3 is 1. The fraction of sp³-hybridized carbons (Fsp3) is 0.360. The number of phenols is 1. The Morgan fingerprint density at radius 2 is 1.85 bits per heavy atom. The molecule has 1 aliphatic heterocycles. The second kappa shape index (κ2) is 9.95. The van der Waals surface area contributed by atoms with Gasteiger partial charge in [0, 0.05) is 6.54 Å². The first-order valence-corrected chi connectivity index (χ1v) is 11.0. The van der Waals surface area contributed by atoms with E-state index >= 15 is 0 Å². The van der Waals surface area contributed by atoms with Gasteiger partial charge >= 0.3 is 5.97 Å². The molecule has 0 bridgehead atoms. The highest BCUT2D eigenvalue weighted by molar-refractivity contribution is 5.83. The van der Waals surface area contributed by atoms with Gasteiger partial charge in [0.2, 0.25) is 11.2 Å². The van der Waals surface area contributed by atoms with Crippen LogP contribution >= 0.6 is 0 Å². The zero-order valence-electron chi connectivity index (χ0n) is 18.7. The van der Waals surface area contributed by atoms with E-state index in [4.69, 9.17) is 18.6 Å². The number of aromatic hydroxyl groups is 1. The molecule has 4 rings (SSSR count). The van der Waals surface area contributed by atoms with Crippen LogP contribution in [0.4, 0.5) is 0 Å². The standard InChI is InChI=1S/C25H27NO7/c1-3-31-25(29)16-10-12-26(13-11-16)14-18-19(27)9-8-17-23(28)22(15-32-24(17)18)33-21-7-5-4-6-20(21)30-2/h4-9,15-16,27H,3,10-14H2,1-2H3. The minimum Gasteiger partial charge on any atom is -0.507 e. The van der Waals surface area contributed by atoms with E-state index in [0.717, 1.165) is 0 Å². The number of likely N-dealkylation sites (tertiary alicyclic amines) is 1. The number of ether oxygens (including phenoxy) is 3. The molecule has 2 aromatic carbocycles. The van der Waals surface area contributed by atoms with Crippen molar-refractivity contribution in [3.05, 3.63) is 58.4 Å². The lowest BCUT2D eigenvalue weighted by Crippen LogP contribution is -2.36. The second-order valence-electron chi connectivity index (χ2n) is 7.92. The molecule has 1 fully saturated rings. The van der Waals surface area contributed by atoms with Crippen molar-refractivity contribution in [3.63, 3.8) is 0 Å². The average Bonchev–Trinajstić information content (AvgIpc) is 2.83. The number of hydrogen-bond acceptors (Lipinski definition) is 8. The number of carbonyl (C=O) groups excluding carboxylic acids is 1. The monoisotopic (exact) mass is 453 g/mol. The molecule has 0 aliphatic carbocycles. The van der Waals surface area contributed by atoms with Crippen molar-refractivity contribution < 1.29 is 28.5 Å². The average molecular weight is 453 g/mol. The molecule has 33 heavy (non-hydrogen) atoms. The number of phenolic OH excluding ortho intramolecular Hbond substituents is 1. The normalized spacial score (nSPS) is 14.8. The number of carbonyl (C=O) groups is 1. The van der Waals surface area contributed by atoms with E-state index in [9.17, 15) is 14.7 Å². The van der Waals surface area contributed by atoms with E-state index in [1.54, 1.807) is 31.2 Å². The van der Waals surface area contributed by atoms with E-state index < -0.39 is 0 Å². The number of piperidine rings is 1. The van der Waals surface area contributed by atoms with Gasteiger partial charge in [-0.05, 0) is 57.1 Å². The highest BCUT2D eigenvalue weighted by Gasteiger charge is 2.27. The minimum atomic E-state index is -0.343. The second-order valence-corrected chi connectivity index (χ2v) is 7.92. The lowest BCUT2D eigenvalue weighted by molar-refractivity contribution is -0.149.